The summed E-state index contributed by atoms with van der Waals surface area (Å²) < 4.78 is 134. The van der Waals surface area contributed by atoms with E-state index in [2.05, 4.69) is 31.1 Å². The number of hydrogen-bond acceptors (Lipinski definition) is 15. The summed E-state index contributed by atoms with van der Waals surface area (Å²) in [5.41, 5.74) is 12.7. The number of nitrogens with zero attached hydrogens (tertiary/aromatic N) is 4. The summed E-state index contributed by atoms with van der Waals surface area (Å²) in [4.78, 5) is 9.41. The number of hydrogen-bond donors (Lipinski definition) is 8. The second-order valence-electron chi connectivity index (χ2n) is 12.0. The predicted molar refractivity (Wildman–Crippen MR) is 210 cm³/mol. The van der Waals surface area contributed by atoms with Gasteiger partial charge in [0.2, 0.25) is 0 Å². The maximum atomic E-state index is 12.7. The first-order valence-electron chi connectivity index (χ1n) is 15.7. The maximum absolute atomic E-state index is 12.7. The van der Waals surface area contributed by atoms with E-state index in [1.807, 2.05) is 0 Å². The first kappa shape index (κ1) is 41.2. The molecule has 0 aliphatic rings. The zero-order chi connectivity index (χ0) is 42.4. The number of carbonyl (C=O) groups excluding carboxylic acids is 1. The summed E-state index contributed by atoms with van der Waals surface area (Å²) in [6, 6.07) is 19.0. The Morgan fingerprint density at radius 3 is 1.10 bits per heavy atom. The Labute approximate surface area is 328 Å². The molecule has 0 bridgehead atoms. The van der Waals surface area contributed by atoms with E-state index < -0.39 is 66.1 Å². The van der Waals surface area contributed by atoms with Crippen LogP contribution in [-0.2, 0) is 40.5 Å². The van der Waals surface area contributed by atoms with E-state index in [1.165, 1.54) is 72.8 Å². The van der Waals surface area contributed by atoms with Gasteiger partial charge in [-0.15, -0.1) is 10.2 Å². The molecule has 0 fully saturated rings. The molecular formula is C33H26N8O13S4. The van der Waals surface area contributed by atoms with E-state index in [0.29, 0.717) is 23.5 Å². The lowest BCUT2D eigenvalue weighted by Crippen LogP contribution is -2.19. The van der Waals surface area contributed by atoms with Gasteiger partial charge in [-0.05, 0) is 84.9 Å². The number of nitrogens with two attached hydrogens (primary N) is 2. The number of benzene rings is 6. The third-order valence-corrected chi connectivity index (χ3v) is 11.5. The van der Waals surface area contributed by atoms with E-state index >= 15 is 0 Å². The van der Waals surface area contributed by atoms with E-state index in [1.54, 1.807) is 0 Å². The van der Waals surface area contributed by atoms with Crippen LogP contribution in [0.2, 0.25) is 0 Å². The number of nitrogens with one attached hydrogen (secondary N) is 2. The summed E-state index contributed by atoms with van der Waals surface area (Å²) >= 11 is 0. The molecule has 6 aromatic carbocycles. The summed E-state index contributed by atoms with van der Waals surface area (Å²) in [7, 11) is -19.8. The van der Waals surface area contributed by atoms with Crippen molar-refractivity contribution in [3.8, 4) is 0 Å². The predicted octanol–water partition coefficient (Wildman–Crippen LogP) is 6.62. The van der Waals surface area contributed by atoms with E-state index in [0.717, 1.165) is 12.1 Å². The lowest BCUT2D eigenvalue weighted by molar-refractivity contribution is 0.262. The van der Waals surface area contributed by atoms with Crippen molar-refractivity contribution >= 4 is 114 Å². The molecule has 25 heteroatoms. The largest absolute Gasteiger partial charge is 0.397 e. The molecule has 0 aromatic heterocycles. The summed E-state index contributed by atoms with van der Waals surface area (Å²) in [5.74, 6) is 0. The van der Waals surface area contributed by atoms with Crippen molar-refractivity contribution in [2.45, 2.75) is 19.6 Å². The van der Waals surface area contributed by atoms with Gasteiger partial charge in [0, 0.05) is 32.9 Å². The molecule has 0 atom stereocenters. The molecule has 2 amide bonds. The Balaban J connectivity index is 1.16. The summed E-state index contributed by atoms with van der Waals surface area (Å²) in [6.45, 7) is 0. The van der Waals surface area contributed by atoms with Gasteiger partial charge in [0.25, 0.3) is 40.5 Å². The van der Waals surface area contributed by atoms with Crippen LogP contribution in [0.5, 0.6) is 0 Å². The molecule has 6 rings (SSSR count). The van der Waals surface area contributed by atoms with Crippen LogP contribution in [0.4, 0.5) is 50.3 Å². The van der Waals surface area contributed by atoms with Gasteiger partial charge in [0.05, 0.1) is 32.5 Å². The van der Waals surface area contributed by atoms with Crippen LogP contribution in [0, 0.1) is 0 Å². The van der Waals surface area contributed by atoms with Crippen molar-refractivity contribution in [2.24, 2.45) is 20.5 Å². The Hall–Kier alpha value is -6.45. The molecule has 0 radical (unpaired) electrons. The van der Waals surface area contributed by atoms with Gasteiger partial charge >= 0.3 is 6.03 Å². The zero-order valence-electron chi connectivity index (χ0n) is 28.8. The first-order chi connectivity index (χ1) is 27.0. The smallest absolute Gasteiger partial charge is 0.323 e. The van der Waals surface area contributed by atoms with Gasteiger partial charge in [0.1, 0.15) is 21.2 Å². The topological polar surface area (TPSA) is 360 Å². The minimum Gasteiger partial charge on any atom is -0.397 e. The fraction of sp³-hybridized carbons (Fsp3) is 0. The molecule has 0 saturated heterocycles. The fourth-order valence-electron chi connectivity index (χ4n) is 5.43. The third kappa shape index (κ3) is 9.06. The average Bonchev–Trinajstić information content (AvgIpc) is 3.12. The van der Waals surface area contributed by atoms with E-state index in [9.17, 15) is 56.7 Å². The molecule has 0 aliphatic carbocycles. The van der Waals surface area contributed by atoms with Gasteiger partial charge < -0.3 is 22.1 Å². The molecule has 58 heavy (non-hydrogen) atoms. The normalized spacial score (nSPS) is 12.8. The number of amides is 2. The third-order valence-electron chi connectivity index (χ3n) is 8.08. The molecule has 6 aromatic rings. The standard InChI is InChI=1S/C33H26N8O13S4/c34-27-11-9-23-25(13-21(55(43,44)45)15-29(23)57(49,50)51)31(27)40-38-19-5-1-17(2-6-19)36-33(42)37-18-3-7-20(8-4-18)39-41-32-26-14-22(56(46,47)48)16-30(58(52,53)54)24(26)10-12-28(32)35/h1-16H,34-35H2,(H2,36,37,42)(H,43,44,45)(H,46,47,48)(H,49,50,51)(H,52,53,54)/b40-38+,41-39+. The number of rotatable bonds is 10. The van der Waals surface area contributed by atoms with Crippen molar-refractivity contribution < 1.29 is 56.7 Å². The maximum Gasteiger partial charge on any atom is 0.323 e. The minimum atomic E-state index is -4.96. The molecule has 0 unspecified atom stereocenters. The molecule has 0 heterocycles. The molecule has 0 aliphatic heterocycles. The SMILES string of the molecule is Nc1ccc2c(S(=O)(=O)O)cc(S(=O)(=O)O)cc2c1/N=N/c1ccc(NC(=O)Nc2ccc(/N=N/c3c(N)ccc4c(S(=O)(=O)O)cc(S(=O)(=O)O)cc34)cc2)cc1. The first-order valence-corrected chi connectivity index (χ1v) is 21.5. The second kappa shape index (κ2) is 15.1. The Kier molecular flexibility index (Phi) is 10.8. The Morgan fingerprint density at radius 2 is 0.793 bits per heavy atom. The van der Waals surface area contributed by atoms with Crippen molar-refractivity contribution in [1.82, 2.24) is 0 Å². The highest BCUT2D eigenvalue weighted by Gasteiger charge is 2.24. The number of fused-ring (bicyclic) bond motifs is 2. The quantitative estimate of drug-likeness (QED) is 0.0407. The monoisotopic (exact) mass is 870 g/mol. The van der Waals surface area contributed by atoms with Gasteiger partial charge in [-0.1, -0.05) is 12.1 Å². The van der Waals surface area contributed by atoms with Crippen LogP contribution in [-0.4, -0.2) is 57.9 Å². The van der Waals surface area contributed by atoms with Crippen molar-refractivity contribution in [1.29, 1.82) is 0 Å². The van der Waals surface area contributed by atoms with Crippen LogP contribution in [0.15, 0.2) is 137 Å². The van der Waals surface area contributed by atoms with Crippen LogP contribution in [0.3, 0.4) is 0 Å². The van der Waals surface area contributed by atoms with Crippen LogP contribution >= 0.6 is 0 Å². The van der Waals surface area contributed by atoms with Crippen molar-refractivity contribution in [3.05, 3.63) is 97.1 Å². The van der Waals surface area contributed by atoms with Crippen LogP contribution < -0.4 is 22.1 Å². The highest BCUT2D eigenvalue weighted by atomic mass is 32.2. The van der Waals surface area contributed by atoms with Gasteiger partial charge in [-0.3, -0.25) is 18.2 Å². The Morgan fingerprint density at radius 1 is 0.448 bits per heavy atom. The number of nitrogen functional groups attached to an aromatic ring is 2. The van der Waals surface area contributed by atoms with E-state index in [4.69, 9.17) is 11.5 Å². The summed E-state index contributed by atoms with van der Waals surface area (Å²) in [5, 5.41) is 20.8. The van der Waals surface area contributed by atoms with Gasteiger partial charge in [0.15, 0.2) is 0 Å². The average molecular weight is 871 g/mol. The number of urea groups is 1. The Bertz CT molecular complexity index is 2980. The number of carbonyl (C=O) groups is 1. The number of azo groups is 2. The lowest BCUT2D eigenvalue weighted by atomic mass is 10.1. The highest BCUT2D eigenvalue weighted by molar-refractivity contribution is 7.87. The minimum absolute atomic E-state index is 0.0423. The van der Waals surface area contributed by atoms with Gasteiger partial charge in [-0.25, -0.2) is 4.79 Å². The number of anilines is 4. The molecule has 300 valence electrons. The summed E-state index contributed by atoms with van der Waals surface area (Å²) in [6.07, 6.45) is 0. The lowest BCUT2D eigenvalue weighted by Gasteiger charge is -2.10. The fourth-order valence-corrected chi connectivity index (χ4v) is 8.11. The van der Waals surface area contributed by atoms with E-state index in [-0.39, 0.29) is 55.7 Å². The molecule has 10 N–H and O–H groups in total. The van der Waals surface area contributed by atoms with Crippen molar-refractivity contribution in [3.63, 3.8) is 0 Å². The van der Waals surface area contributed by atoms with Crippen LogP contribution in [0.25, 0.3) is 21.5 Å². The second-order valence-corrected chi connectivity index (χ2v) is 17.6. The van der Waals surface area contributed by atoms with Crippen molar-refractivity contribution in [2.75, 3.05) is 22.1 Å². The molecule has 0 spiro atoms. The van der Waals surface area contributed by atoms with Gasteiger partial charge in [-0.2, -0.15) is 43.9 Å². The zero-order valence-corrected chi connectivity index (χ0v) is 32.0. The molecular weight excluding hydrogens is 845 g/mol. The molecule has 0 saturated carbocycles. The highest BCUT2D eigenvalue weighted by Crippen LogP contribution is 2.40. The van der Waals surface area contributed by atoms with Crippen LogP contribution in [0.1, 0.15) is 0 Å². The molecule has 21 nitrogen and oxygen atoms in total.